The number of nitrogens with one attached hydrogen (secondary N) is 2. The fraction of sp³-hybridized carbons (Fsp3) is 0.500. The normalized spacial score (nSPS) is 11.1. The largest absolute Gasteiger partial charge is 0.488 e. The second-order valence-corrected chi connectivity index (χ2v) is 5.17. The first-order chi connectivity index (χ1) is 8.40. The molecule has 0 saturated carbocycles. The molecule has 0 unspecified atom stereocenters. The standard InChI is InChI=1S/C14H22N2O2/c1-14(2,3)18-12-7-5-6-11(8-12)9-16-13(17)10-15-4/h5-8,15H,9-10H2,1-4H3,(H,16,17). The van der Waals surface area contributed by atoms with Crippen molar-refractivity contribution in [3.63, 3.8) is 0 Å². The van der Waals surface area contributed by atoms with Crippen molar-refractivity contribution < 1.29 is 9.53 Å². The first-order valence-corrected chi connectivity index (χ1v) is 6.10. The van der Waals surface area contributed by atoms with Crippen LogP contribution in [0.4, 0.5) is 0 Å². The Morgan fingerprint density at radius 1 is 1.33 bits per heavy atom. The highest BCUT2D eigenvalue weighted by Gasteiger charge is 2.11. The van der Waals surface area contributed by atoms with Crippen molar-refractivity contribution >= 4 is 5.91 Å². The molecule has 4 nitrogen and oxygen atoms in total. The predicted octanol–water partition coefficient (Wildman–Crippen LogP) is 1.70. The van der Waals surface area contributed by atoms with E-state index in [2.05, 4.69) is 10.6 Å². The Morgan fingerprint density at radius 3 is 2.67 bits per heavy atom. The molecule has 0 bridgehead atoms. The number of ether oxygens (including phenoxy) is 1. The monoisotopic (exact) mass is 250 g/mol. The number of likely N-dealkylation sites (N-methyl/N-ethyl adjacent to an activating group) is 1. The molecular weight excluding hydrogens is 228 g/mol. The second kappa shape index (κ2) is 6.40. The number of carbonyl (C=O) groups excluding carboxylic acids is 1. The number of hydrogen-bond donors (Lipinski definition) is 2. The maximum absolute atomic E-state index is 11.3. The fourth-order valence-corrected chi connectivity index (χ4v) is 1.50. The summed E-state index contributed by atoms with van der Waals surface area (Å²) in [5.74, 6) is 0.808. The van der Waals surface area contributed by atoms with Gasteiger partial charge in [0.1, 0.15) is 11.4 Å². The molecule has 0 spiro atoms. The van der Waals surface area contributed by atoms with Crippen LogP contribution in [0.3, 0.4) is 0 Å². The molecule has 0 aliphatic carbocycles. The van der Waals surface area contributed by atoms with Gasteiger partial charge in [0.05, 0.1) is 6.54 Å². The number of benzene rings is 1. The van der Waals surface area contributed by atoms with E-state index in [4.69, 9.17) is 4.74 Å². The summed E-state index contributed by atoms with van der Waals surface area (Å²) in [4.78, 5) is 11.3. The van der Waals surface area contributed by atoms with Gasteiger partial charge in [-0.05, 0) is 45.5 Å². The average molecular weight is 250 g/mol. The number of rotatable bonds is 5. The van der Waals surface area contributed by atoms with Crippen LogP contribution in [0.2, 0.25) is 0 Å². The van der Waals surface area contributed by atoms with Gasteiger partial charge in [0.25, 0.3) is 0 Å². The van der Waals surface area contributed by atoms with E-state index < -0.39 is 0 Å². The summed E-state index contributed by atoms with van der Waals surface area (Å²) in [5, 5.41) is 5.64. The minimum Gasteiger partial charge on any atom is -0.488 e. The first-order valence-electron chi connectivity index (χ1n) is 6.10. The van der Waals surface area contributed by atoms with Gasteiger partial charge in [-0.25, -0.2) is 0 Å². The Morgan fingerprint density at radius 2 is 2.06 bits per heavy atom. The highest BCUT2D eigenvalue weighted by Crippen LogP contribution is 2.19. The lowest BCUT2D eigenvalue weighted by Gasteiger charge is -2.21. The summed E-state index contributed by atoms with van der Waals surface area (Å²) in [6, 6.07) is 7.77. The van der Waals surface area contributed by atoms with Crippen LogP contribution in [-0.4, -0.2) is 25.1 Å². The molecule has 0 aliphatic heterocycles. The molecule has 0 fully saturated rings. The molecule has 18 heavy (non-hydrogen) atoms. The zero-order chi connectivity index (χ0) is 13.6. The molecule has 2 N–H and O–H groups in total. The molecule has 1 rings (SSSR count). The third kappa shape index (κ3) is 5.68. The quantitative estimate of drug-likeness (QED) is 0.836. The Kier molecular flexibility index (Phi) is 5.16. The second-order valence-electron chi connectivity index (χ2n) is 5.17. The van der Waals surface area contributed by atoms with Crippen molar-refractivity contribution in [3.05, 3.63) is 29.8 Å². The summed E-state index contributed by atoms with van der Waals surface area (Å²) in [6.45, 7) is 6.87. The van der Waals surface area contributed by atoms with Crippen molar-refractivity contribution in [2.75, 3.05) is 13.6 Å². The highest BCUT2D eigenvalue weighted by molar-refractivity contribution is 5.77. The third-order valence-electron chi connectivity index (χ3n) is 2.15. The van der Waals surface area contributed by atoms with E-state index in [-0.39, 0.29) is 11.5 Å². The number of hydrogen-bond acceptors (Lipinski definition) is 3. The zero-order valence-electron chi connectivity index (χ0n) is 11.5. The van der Waals surface area contributed by atoms with Crippen LogP contribution in [-0.2, 0) is 11.3 Å². The van der Waals surface area contributed by atoms with Crippen molar-refractivity contribution in [2.45, 2.75) is 32.9 Å². The zero-order valence-corrected chi connectivity index (χ0v) is 11.5. The van der Waals surface area contributed by atoms with Gasteiger partial charge in [0.15, 0.2) is 0 Å². The van der Waals surface area contributed by atoms with Gasteiger partial charge < -0.3 is 15.4 Å². The third-order valence-corrected chi connectivity index (χ3v) is 2.15. The van der Waals surface area contributed by atoms with Crippen LogP contribution < -0.4 is 15.4 Å². The molecule has 0 heterocycles. The van der Waals surface area contributed by atoms with Gasteiger partial charge >= 0.3 is 0 Å². The number of amides is 1. The van der Waals surface area contributed by atoms with E-state index in [0.717, 1.165) is 11.3 Å². The molecular formula is C14H22N2O2. The Hall–Kier alpha value is -1.55. The summed E-state index contributed by atoms with van der Waals surface area (Å²) < 4.78 is 5.77. The summed E-state index contributed by atoms with van der Waals surface area (Å²) in [5.41, 5.74) is 0.815. The van der Waals surface area contributed by atoms with Crippen molar-refractivity contribution in [1.82, 2.24) is 10.6 Å². The number of carbonyl (C=O) groups is 1. The highest BCUT2D eigenvalue weighted by atomic mass is 16.5. The van der Waals surface area contributed by atoms with Gasteiger partial charge in [0.2, 0.25) is 5.91 Å². The lowest BCUT2D eigenvalue weighted by Crippen LogP contribution is -2.31. The molecule has 1 aromatic carbocycles. The Labute approximate surface area is 109 Å². The van der Waals surface area contributed by atoms with E-state index in [0.29, 0.717) is 13.1 Å². The summed E-state index contributed by atoms with van der Waals surface area (Å²) in [6.07, 6.45) is 0. The van der Waals surface area contributed by atoms with E-state index in [1.54, 1.807) is 7.05 Å². The van der Waals surface area contributed by atoms with Crippen LogP contribution in [0.5, 0.6) is 5.75 Å². The smallest absolute Gasteiger partial charge is 0.234 e. The van der Waals surface area contributed by atoms with E-state index in [1.807, 2.05) is 45.0 Å². The minimum absolute atomic E-state index is 0.0142. The van der Waals surface area contributed by atoms with Crippen LogP contribution in [0.15, 0.2) is 24.3 Å². The topological polar surface area (TPSA) is 50.4 Å². The lowest BCUT2D eigenvalue weighted by atomic mass is 10.1. The van der Waals surface area contributed by atoms with Crippen LogP contribution >= 0.6 is 0 Å². The van der Waals surface area contributed by atoms with Gasteiger partial charge in [-0.2, -0.15) is 0 Å². The van der Waals surface area contributed by atoms with Crippen LogP contribution in [0, 0.1) is 0 Å². The average Bonchev–Trinajstić information content (AvgIpc) is 2.25. The minimum atomic E-state index is -0.214. The predicted molar refractivity (Wildman–Crippen MR) is 72.6 cm³/mol. The van der Waals surface area contributed by atoms with E-state index >= 15 is 0 Å². The Bertz CT molecular complexity index is 397. The maximum atomic E-state index is 11.3. The summed E-state index contributed by atoms with van der Waals surface area (Å²) >= 11 is 0. The van der Waals surface area contributed by atoms with Gasteiger partial charge in [-0.15, -0.1) is 0 Å². The fourth-order valence-electron chi connectivity index (χ4n) is 1.50. The van der Waals surface area contributed by atoms with Crippen LogP contribution in [0.1, 0.15) is 26.3 Å². The van der Waals surface area contributed by atoms with Crippen molar-refractivity contribution in [2.24, 2.45) is 0 Å². The molecule has 0 aromatic heterocycles. The molecule has 0 aliphatic rings. The molecule has 100 valence electrons. The molecule has 4 heteroatoms. The lowest BCUT2D eigenvalue weighted by molar-refractivity contribution is -0.120. The Balaban J connectivity index is 2.57. The SMILES string of the molecule is CNCC(=O)NCc1cccc(OC(C)(C)C)c1. The van der Waals surface area contributed by atoms with E-state index in [1.165, 1.54) is 0 Å². The molecule has 0 saturated heterocycles. The molecule has 1 aromatic rings. The van der Waals surface area contributed by atoms with Gasteiger partial charge in [-0.3, -0.25) is 4.79 Å². The van der Waals surface area contributed by atoms with Gasteiger partial charge in [0, 0.05) is 6.54 Å². The van der Waals surface area contributed by atoms with Crippen molar-refractivity contribution in [1.29, 1.82) is 0 Å². The van der Waals surface area contributed by atoms with Crippen molar-refractivity contribution in [3.8, 4) is 5.75 Å². The first kappa shape index (κ1) is 14.5. The van der Waals surface area contributed by atoms with Crippen LogP contribution in [0.25, 0.3) is 0 Å². The molecule has 0 radical (unpaired) electrons. The molecule has 0 atom stereocenters. The summed E-state index contributed by atoms with van der Waals surface area (Å²) in [7, 11) is 1.75. The van der Waals surface area contributed by atoms with E-state index in [9.17, 15) is 4.79 Å². The maximum Gasteiger partial charge on any atom is 0.234 e. The van der Waals surface area contributed by atoms with Gasteiger partial charge in [-0.1, -0.05) is 12.1 Å². The molecule has 1 amide bonds.